The summed E-state index contributed by atoms with van der Waals surface area (Å²) in [6.07, 6.45) is 7.02. The quantitative estimate of drug-likeness (QED) is 0.646. The third-order valence-electron chi connectivity index (χ3n) is 2.46. The van der Waals surface area contributed by atoms with Gasteiger partial charge in [0.2, 0.25) is 5.95 Å². The molecule has 0 saturated heterocycles. The number of hydrogen-bond donors (Lipinski definition) is 0. The van der Waals surface area contributed by atoms with Gasteiger partial charge >= 0.3 is 0 Å². The van der Waals surface area contributed by atoms with Gasteiger partial charge in [-0.05, 0) is 23.8 Å². The highest BCUT2D eigenvalue weighted by molar-refractivity contribution is 5.77. The van der Waals surface area contributed by atoms with Crippen molar-refractivity contribution in [3.8, 4) is 22.6 Å². The Hall–Kier alpha value is -2.56. The number of pyridine rings is 1. The molecular formula is C13H7FN3O. The maximum absolute atomic E-state index is 13.1. The minimum Gasteiger partial charge on any atom is -0.463 e. The Morgan fingerprint density at radius 2 is 2.22 bits per heavy atom. The molecule has 87 valence electrons. The SMILES string of the molecule is Fc1cc(-c2cn[c]nc2-c2ccco2)ccn1. The molecule has 0 atom stereocenters. The number of furan rings is 1. The van der Waals surface area contributed by atoms with Gasteiger partial charge in [0, 0.05) is 24.0 Å². The van der Waals surface area contributed by atoms with Gasteiger partial charge in [-0.2, -0.15) is 4.39 Å². The molecule has 18 heavy (non-hydrogen) atoms. The van der Waals surface area contributed by atoms with Crippen LogP contribution in [0.1, 0.15) is 0 Å². The third kappa shape index (κ3) is 1.86. The fourth-order valence-electron chi connectivity index (χ4n) is 1.68. The van der Waals surface area contributed by atoms with Gasteiger partial charge in [-0.25, -0.2) is 15.0 Å². The van der Waals surface area contributed by atoms with Gasteiger partial charge < -0.3 is 4.42 Å². The zero-order valence-electron chi connectivity index (χ0n) is 9.17. The molecule has 5 heteroatoms. The van der Waals surface area contributed by atoms with E-state index in [4.69, 9.17) is 4.42 Å². The second-order valence-electron chi connectivity index (χ2n) is 3.58. The highest BCUT2D eigenvalue weighted by Gasteiger charge is 2.12. The second-order valence-corrected chi connectivity index (χ2v) is 3.58. The van der Waals surface area contributed by atoms with Crippen LogP contribution in [-0.2, 0) is 0 Å². The molecule has 0 amide bonds. The summed E-state index contributed by atoms with van der Waals surface area (Å²) in [5, 5.41) is 0. The van der Waals surface area contributed by atoms with E-state index in [1.54, 1.807) is 30.7 Å². The molecule has 4 nitrogen and oxygen atoms in total. The molecule has 0 aliphatic carbocycles. The van der Waals surface area contributed by atoms with Gasteiger partial charge in [0.25, 0.3) is 0 Å². The summed E-state index contributed by atoms with van der Waals surface area (Å²) in [7, 11) is 0. The molecule has 0 spiro atoms. The van der Waals surface area contributed by atoms with E-state index in [0.29, 0.717) is 22.6 Å². The van der Waals surface area contributed by atoms with Crippen LogP contribution in [0.25, 0.3) is 22.6 Å². The van der Waals surface area contributed by atoms with Crippen LogP contribution in [-0.4, -0.2) is 15.0 Å². The molecule has 0 aliphatic rings. The molecule has 3 rings (SSSR count). The number of aromatic nitrogens is 3. The van der Waals surface area contributed by atoms with Crippen LogP contribution in [0.5, 0.6) is 0 Å². The van der Waals surface area contributed by atoms with Crippen molar-refractivity contribution in [2.45, 2.75) is 0 Å². The molecular weight excluding hydrogens is 233 g/mol. The maximum Gasteiger partial charge on any atom is 0.213 e. The highest BCUT2D eigenvalue weighted by atomic mass is 19.1. The zero-order chi connectivity index (χ0) is 12.4. The van der Waals surface area contributed by atoms with E-state index in [9.17, 15) is 4.39 Å². The first-order valence-corrected chi connectivity index (χ1v) is 5.23. The Balaban J connectivity index is 2.18. The van der Waals surface area contributed by atoms with Crippen molar-refractivity contribution in [1.29, 1.82) is 0 Å². The maximum atomic E-state index is 13.1. The molecule has 3 aromatic heterocycles. The average Bonchev–Trinajstić information content (AvgIpc) is 2.92. The largest absolute Gasteiger partial charge is 0.463 e. The molecule has 0 saturated carbocycles. The van der Waals surface area contributed by atoms with E-state index in [2.05, 4.69) is 21.3 Å². The van der Waals surface area contributed by atoms with Gasteiger partial charge in [-0.15, -0.1) is 0 Å². The Bertz CT molecular complexity index is 668. The lowest BCUT2D eigenvalue weighted by Crippen LogP contribution is -1.91. The lowest BCUT2D eigenvalue weighted by Gasteiger charge is -2.05. The van der Waals surface area contributed by atoms with E-state index in [0.717, 1.165) is 0 Å². The molecule has 0 N–H and O–H groups in total. The first-order chi connectivity index (χ1) is 8.84. The molecule has 0 aromatic carbocycles. The van der Waals surface area contributed by atoms with E-state index in [1.807, 2.05) is 0 Å². The Labute approximate surface area is 102 Å². The van der Waals surface area contributed by atoms with Gasteiger partial charge in [-0.1, -0.05) is 0 Å². The highest BCUT2D eigenvalue weighted by Crippen LogP contribution is 2.29. The smallest absolute Gasteiger partial charge is 0.213 e. The fourth-order valence-corrected chi connectivity index (χ4v) is 1.68. The summed E-state index contributed by atoms with van der Waals surface area (Å²) >= 11 is 0. The summed E-state index contributed by atoms with van der Waals surface area (Å²) in [6.45, 7) is 0. The minimum absolute atomic E-state index is 0.550. The van der Waals surface area contributed by atoms with Crippen LogP contribution >= 0.6 is 0 Å². The molecule has 0 fully saturated rings. The lowest BCUT2D eigenvalue weighted by atomic mass is 10.1. The number of nitrogens with zero attached hydrogens (tertiary/aromatic N) is 3. The van der Waals surface area contributed by atoms with Crippen molar-refractivity contribution in [3.05, 3.63) is 55.2 Å². The predicted octanol–water partition coefficient (Wildman–Crippen LogP) is 2.74. The number of halogens is 1. The Morgan fingerprint density at radius 1 is 1.28 bits per heavy atom. The van der Waals surface area contributed by atoms with Crippen LogP contribution in [0.15, 0.2) is 47.3 Å². The standard InChI is InChI=1S/C13H7FN3O/c14-12-6-9(3-4-16-12)10-7-15-8-17-13(10)11-2-1-5-18-11/h1-7H. The van der Waals surface area contributed by atoms with E-state index < -0.39 is 5.95 Å². The van der Waals surface area contributed by atoms with Crippen molar-refractivity contribution in [1.82, 2.24) is 15.0 Å². The van der Waals surface area contributed by atoms with Gasteiger partial charge in [0.05, 0.1) is 6.26 Å². The van der Waals surface area contributed by atoms with Gasteiger partial charge in [0.15, 0.2) is 12.1 Å². The van der Waals surface area contributed by atoms with Crippen molar-refractivity contribution in [3.63, 3.8) is 0 Å². The normalized spacial score (nSPS) is 10.5. The van der Waals surface area contributed by atoms with Crippen LogP contribution in [0.2, 0.25) is 0 Å². The Kier molecular flexibility index (Phi) is 2.57. The first-order valence-electron chi connectivity index (χ1n) is 5.23. The summed E-state index contributed by atoms with van der Waals surface area (Å²) in [5.74, 6) is 0.0339. The lowest BCUT2D eigenvalue weighted by molar-refractivity contribution is 0.579. The summed E-state index contributed by atoms with van der Waals surface area (Å²) in [4.78, 5) is 11.4. The summed E-state index contributed by atoms with van der Waals surface area (Å²) in [5.41, 5.74) is 1.88. The fraction of sp³-hybridized carbons (Fsp3) is 0. The van der Waals surface area contributed by atoms with E-state index >= 15 is 0 Å². The summed E-state index contributed by atoms with van der Waals surface area (Å²) < 4.78 is 18.4. The van der Waals surface area contributed by atoms with Crippen LogP contribution in [0.3, 0.4) is 0 Å². The molecule has 0 unspecified atom stereocenters. The molecule has 0 aliphatic heterocycles. The minimum atomic E-state index is -0.550. The van der Waals surface area contributed by atoms with Crippen LogP contribution in [0, 0.1) is 12.3 Å². The Morgan fingerprint density at radius 3 is 3.00 bits per heavy atom. The van der Waals surface area contributed by atoms with Crippen molar-refractivity contribution < 1.29 is 8.81 Å². The van der Waals surface area contributed by atoms with E-state index in [1.165, 1.54) is 12.3 Å². The molecule has 3 aromatic rings. The molecule has 0 bridgehead atoms. The average molecular weight is 240 g/mol. The molecule has 1 radical (unpaired) electrons. The summed E-state index contributed by atoms with van der Waals surface area (Å²) in [6, 6.07) is 6.55. The second kappa shape index (κ2) is 4.37. The zero-order valence-corrected chi connectivity index (χ0v) is 9.17. The first kappa shape index (κ1) is 10.6. The van der Waals surface area contributed by atoms with Crippen molar-refractivity contribution in [2.75, 3.05) is 0 Å². The number of rotatable bonds is 2. The number of hydrogen-bond acceptors (Lipinski definition) is 4. The van der Waals surface area contributed by atoms with Gasteiger partial charge in [-0.3, -0.25) is 0 Å². The van der Waals surface area contributed by atoms with Crippen molar-refractivity contribution >= 4 is 0 Å². The van der Waals surface area contributed by atoms with E-state index in [-0.39, 0.29) is 0 Å². The van der Waals surface area contributed by atoms with Gasteiger partial charge in [0.1, 0.15) is 5.69 Å². The predicted molar refractivity (Wildman–Crippen MR) is 61.8 cm³/mol. The van der Waals surface area contributed by atoms with Crippen molar-refractivity contribution in [2.24, 2.45) is 0 Å². The monoisotopic (exact) mass is 240 g/mol. The molecule has 3 heterocycles. The van der Waals surface area contributed by atoms with Crippen LogP contribution < -0.4 is 0 Å². The third-order valence-corrected chi connectivity index (χ3v) is 2.46. The topological polar surface area (TPSA) is 51.8 Å². The van der Waals surface area contributed by atoms with Crippen LogP contribution in [0.4, 0.5) is 4.39 Å².